The fourth-order valence-electron chi connectivity index (χ4n) is 3.11. The van der Waals surface area contributed by atoms with Gasteiger partial charge >= 0.3 is 6.18 Å². The van der Waals surface area contributed by atoms with Gasteiger partial charge in [-0.25, -0.2) is 0 Å². The Bertz CT molecular complexity index is 811. The maximum absolute atomic E-state index is 13.4. The van der Waals surface area contributed by atoms with Gasteiger partial charge < -0.3 is 9.64 Å². The van der Waals surface area contributed by atoms with E-state index in [0.29, 0.717) is 19.7 Å². The van der Waals surface area contributed by atoms with Crippen LogP contribution in [0.3, 0.4) is 0 Å². The number of nitriles is 1. The van der Waals surface area contributed by atoms with Crippen LogP contribution in [-0.2, 0) is 10.9 Å². The first kappa shape index (κ1) is 17.3. The summed E-state index contributed by atoms with van der Waals surface area (Å²) in [6.07, 6.45) is -4.78. The number of ether oxygens (including phenoxy) is 1. The van der Waals surface area contributed by atoms with Crippen LogP contribution >= 0.6 is 0 Å². The highest BCUT2D eigenvalue weighted by atomic mass is 19.4. The number of hydrogen-bond acceptors (Lipinski definition) is 3. The Kier molecular flexibility index (Phi) is 4.69. The second kappa shape index (κ2) is 6.77. The minimum absolute atomic E-state index is 0.0356. The summed E-state index contributed by atoms with van der Waals surface area (Å²) in [4.78, 5) is 1.66. The van der Waals surface area contributed by atoms with Crippen molar-refractivity contribution < 1.29 is 17.9 Å². The van der Waals surface area contributed by atoms with Crippen molar-refractivity contribution in [2.45, 2.75) is 19.2 Å². The van der Waals surface area contributed by atoms with Crippen LogP contribution in [0.1, 0.15) is 28.4 Å². The van der Waals surface area contributed by atoms with Crippen LogP contribution in [0.25, 0.3) is 0 Å². The standard InChI is InChI=1S/C19H17F3N2O/c1-13-4-2-3-5-15(13)18-12-24(8-9-25-18)17-10-14(11-23)6-7-16(17)19(20,21)22/h2-7,10,18H,8-9,12H2,1H3. The summed E-state index contributed by atoms with van der Waals surface area (Å²) < 4.78 is 45.9. The number of rotatable bonds is 2. The Morgan fingerprint density at radius 2 is 1.96 bits per heavy atom. The number of morpholine rings is 1. The molecule has 0 amide bonds. The first-order valence-electron chi connectivity index (χ1n) is 7.93. The van der Waals surface area contributed by atoms with E-state index >= 15 is 0 Å². The zero-order chi connectivity index (χ0) is 18.0. The average molecular weight is 346 g/mol. The molecule has 25 heavy (non-hydrogen) atoms. The fourth-order valence-corrected chi connectivity index (χ4v) is 3.11. The molecule has 0 radical (unpaired) electrons. The molecule has 0 bridgehead atoms. The molecule has 0 aliphatic carbocycles. The third-order valence-electron chi connectivity index (χ3n) is 4.37. The molecule has 6 heteroatoms. The van der Waals surface area contributed by atoms with Gasteiger partial charge in [-0.05, 0) is 36.2 Å². The van der Waals surface area contributed by atoms with Crippen LogP contribution < -0.4 is 4.90 Å². The zero-order valence-electron chi connectivity index (χ0n) is 13.7. The van der Waals surface area contributed by atoms with Crippen molar-refractivity contribution in [2.24, 2.45) is 0 Å². The fraction of sp³-hybridized carbons (Fsp3) is 0.316. The van der Waals surface area contributed by atoms with Gasteiger partial charge in [-0.3, -0.25) is 0 Å². The number of aryl methyl sites for hydroxylation is 1. The van der Waals surface area contributed by atoms with Crippen molar-refractivity contribution in [3.05, 3.63) is 64.7 Å². The number of hydrogen-bond donors (Lipinski definition) is 0. The largest absolute Gasteiger partial charge is 0.418 e. The summed E-state index contributed by atoms with van der Waals surface area (Å²) in [7, 11) is 0. The van der Waals surface area contributed by atoms with E-state index in [1.165, 1.54) is 12.1 Å². The quantitative estimate of drug-likeness (QED) is 0.805. The van der Waals surface area contributed by atoms with Gasteiger partial charge in [0.1, 0.15) is 6.10 Å². The van der Waals surface area contributed by atoms with E-state index in [2.05, 4.69) is 0 Å². The van der Waals surface area contributed by atoms with E-state index in [9.17, 15) is 13.2 Å². The minimum atomic E-state index is -4.47. The first-order chi connectivity index (χ1) is 11.9. The number of anilines is 1. The highest BCUT2D eigenvalue weighted by Gasteiger charge is 2.36. The van der Waals surface area contributed by atoms with Gasteiger partial charge in [0.25, 0.3) is 0 Å². The molecule has 1 atom stereocenters. The molecule has 0 saturated carbocycles. The normalized spacial score (nSPS) is 18.0. The summed E-state index contributed by atoms with van der Waals surface area (Å²) in [6, 6.07) is 13.1. The number of benzene rings is 2. The Hall–Kier alpha value is -2.52. The van der Waals surface area contributed by atoms with E-state index in [4.69, 9.17) is 10.00 Å². The molecule has 130 valence electrons. The SMILES string of the molecule is Cc1ccccc1C1CN(c2cc(C#N)ccc2C(F)(F)F)CCO1. The third-order valence-corrected chi connectivity index (χ3v) is 4.37. The Morgan fingerprint density at radius 1 is 1.20 bits per heavy atom. The van der Waals surface area contributed by atoms with Gasteiger partial charge in [-0.15, -0.1) is 0 Å². The van der Waals surface area contributed by atoms with Crippen LogP contribution in [0, 0.1) is 18.3 Å². The lowest BCUT2D eigenvalue weighted by Gasteiger charge is -2.36. The smallest absolute Gasteiger partial charge is 0.370 e. The van der Waals surface area contributed by atoms with Gasteiger partial charge in [0.2, 0.25) is 0 Å². The summed E-state index contributed by atoms with van der Waals surface area (Å²) in [5.74, 6) is 0. The first-order valence-corrected chi connectivity index (χ1v) is 7.93. The maximum Gasteiger partial charge on any atom is 0.418 e. The predicted octanol–water partition coefficient (Wildman–Crippen LogP) is 4.46. The molecule has 1 aliphatic heterocycles. The monoisotopic (exact) mass is 346 g/mol. The van der Waals surface area contributed by atoms with Crippen molar-refractivity contribution >= 4 is 5.69 Å². The molecular weight excluding hydrogens is 329 g/mol. The Balaban J connectivity index is 1.96. The number of nitrogens with zero attached hydrogens (tertiary/aromatic N) is 2. The number of alkyl halides is 3. The van der Waals surface area contributed by atoms with Crippen molar-refractivity contribution in [1.29, 1.82) is 5.26 Å². The predicted molar refractivity (Wildman–Crippen MR) is 88.2 cm³/mol. The van der Waals surface area contributed by atoms with Crippen LogP contribution in [0.15, 0.2) is 42.5 Å². The Labute approximate surface area is 144 Å². The molecule has 1 heterocycles. The second-order valence-corrected chi connectivity index (χ2v) is 6.00. The van der Waals surface area contributed by atoms with Crippen molar-refractivity contribution in [1.82, 2.24) is 0 Å². The average Bonchev–Trinajstić information content (AvgIpc) is 2.61. The highest BCUT2D eigenvalue weighted by molar-refractivity contribution is 5.59. The summed E-state index contributed by atoms with van der Waals surface area (Å²) in [5.41, 5.74) is 1.53. The van der Waals surface area contributed by atoms with E-state index in [1.807, 2.05) is 37.3 Å². The molecular formula is C19H17F3N2O. The van der Waals surface area contributed by atoms with Crippen LogP contribution in [-0.4, -0.2) is 19.7 Å². The lowest BCUT2D eigenvalue weighted by atomic mass is 10.0. The zero-order valence-corrected chi connectivity index (χ0v) is 13.7. The molecule has 0 spiro atoms. The lowest BCUT2D eigenvalue weighted by molar-refractivity contribution is -0.137. The molecule has 0 aromatic heterocycles. The van der Waals surface area contributed by atoms with Gasteiger partial charge in [0, 0.05) is 13.1 Å². The third kappa shape index (κ3) is 3.62. The maximum atomic E-state index is 13.4. The van der Waals surface area contributed by atoms with Gasteiger partial charge in [-0.2, -0.15) is 18.4 Å². The lowest BCUT2D eigenvalue weighted by Crippen LogP contribution is -2.39. The van der Waals surface area contributed by atoms with Crippen molar-refractivity contribution in [3.63, 3.8) is 0 Å². The second-order valence-electron chi connectivity index (χ2n) is 6.00. The molecule has 1 aliphatic rings. The molecule has 2 aromatic carbocycles. The molecule has 3 nitrogen and oxygen atoms in total. The molecule has 2 aromatic rings. The summed E-state index contributed by atoms with van der Waals surface area (Å²) >= 11 is 0. The van der Waals surface area contributed by atoms with Crippen molar-refractivity contribution in [2.75, 3.05) is 24.6 Å². The number of halogens is 3. The molecule has 1 saturated heterocycles. The van der Waals surface area contributed by atoms with E-state index in [-0.39, 0.29) is 17.4 Å². The highest BCUT2D eigenvalue weighted by Crippen LogP contribution is 2.39. The van der Waals surface area contributed by atoms with Crippen LogP contribution in [0.4, 0.5) is 18.9 Å². The molecule has 1 fully saturated rings. The minimum Gasteiger partial charge on any atom is -0.370 e. The summed E-state index contributed by atoms with van der Waals surface area (Å²) in [6.45, 7) is 2.94. The van der Waals surface area contributed by atoms with Crippen LogP contribution in [0.5, 0.6) is 0 Å². The topological polar surface area (TPSA) is 36.3 Å². The molecule has 3 rings (SSSR count). The van der Waals surface area contributed by atoms with Gasteiger partial charge in [0.15, 0.2) is 0 Å². The van der Waals surface area contributed by atoms with E-state index in [1.54, 1.807) is 4.90 Å². The summed E-state index contributed by atoms with van der Waals surface area (Å²) in [5, 5.41) is 9.05. The van der Waals surface area contributed by atoms with Gasteiger partial charge in [0.05, 0.1) is 29.5 Å². The molecule has 1 unspecified atom stereocenters. The molecule has 0 N–H and O–H groups in total. The van der Waals surface area contributed by atoms with E-state index in [0.717, 1.165) is 17.2 Å². The van der Waals surface area contributed by atoms with Gasteiger partial charge in [-0.1, -0.05) is 24.3 Å². The van der Waals surface area contributed by atoms with E-state index < -0.39 is 11.7 Å². The Morgan fingerprint density at radius 3 is 2.64 bits per heavy atom. The van der Waals surface area contributed by atoms with Crippen LogP contribution in [0.2, 0.25) is 0 Å². The van der Waals surface area contributed by atoms with Crippen molar-refractivity contribution in [3.8, 4) is 6.07 Å².